The van der Waals surface area contributed by atoms with Gasteiger partial charge in [0.25, 0.3) is 0 Å². The lowest BCUT2D eigenvalue weighted by molar-refractivity contribution is -0.0823. The second kappa shape index (κ2) is 9.84. The third-order valence-corrected chi connectivity index (χ3v) is 3.61. The van der Waals surface area contributed by atoms with Gasteiger partial charge in [-0.25, -0.2) is 0 Å². The summed E-state index contributed by atoms with van der Waals surface area (Å²) in [5.74, 6) is 0.939. The average molecular weight is 413 g/mol. The molecule has 6 heteroatoms. The second-order valence-corrected chi connectivity index (χ2v) is 6.79. The number of hydrogen-bond acceptors (Lipinski definition) is 3. The highest BCUT2D eigenvalue weighted by atomic mass is 127. The lowest BCUT2D eigenvalue weighted by Crippen LogP contribution is -2.43. The summed E-state index contributed by atoms with van der Waals surface area (Å²) in [6, 6.07) is 0.171. The predicted molar refractivity (Wildman–Crippen MR) is 98.3 cm³/mol. The fraction of sp³-hybridized carbons (Fsp3) is 0.933. The van der Waals surface area contributed by atoms with Crippen molar-refractivity contribution in [2.75, 3.05) is 26.9 Å². The number of nitrogens with two attached hydrogens (primary N) is 1. The quantitative estimate of drug-likeness (QED) is 0.413. The fourth-order valence-corrected chi connectivity index (χ4v) is 2.79. The number of hydrogen-bond donors (Lipinski definition) is 2. The standard InChI is InChI=1S/C15H31N3O2.HI/c1-11(10-19-5)18-14(16)17-9-12-7-6-8-20-13(12)15(2,3)4;/h11-13H,6-10H2,1-5H3,(H3,16,17,18);1H. The van der Waals surface area contributed by atoms with E-state index in [1.807, 2.05) is 6.92 Å². The van der Waals surface area contributed by atoms with Crippen molar-refractivity contribution in [2.45, 2.75) is 52.7 Å². The minimum absolute atomic E-state index is 0. The van der Waals surface area contributed by atoms with Gasteiger partial charge >= 0.3 is 0 Å². The number of methoxy groups -OCH3 is 1. The van der Waals surface area contributed by atoms with Gasteiger partial charge in [0.15, 0.2) is 5.96 Å². The van der Waals surface area contributed by atoms with Crippen LogP contribution in [-0.2, 0) is 9.47 Å². The second-order valence-electron chi connectivity index (χ2n) is 6.79. The summed E-state index contributed by atoms with van der Waals surface area (Å²) in [4.78, 5) is 4.48. The Hall–Kier alpha value is -0.0800. The molecule has 0 saturated carbocycles. The third kappa shape index (κ3) is 7.65. The van der Waals surface area contributed by atoms with Gasteiger partial charge in [-0.15, -0.1) is 24.0 Å². The number of halogens is 1. The predicted octanol–water partition coefficient (Wildman–Crippen LogP) is 2.38. The van der Waals surface area contributed by atoms with Crippen LogP contribution in [0.15, 0.2) is 4.99 Å². The molecule has 0 bridgehead atoms. The van der Waals surface area contributed by atoms with Crippen LogP contribution in [0.25, 0.3) is 0 Å². The van der Waals surface area contributed by atoms with E-state index in [9.17, 15) is 0 Å². The van der Waals surface area contributed by atoms with Crippen LogP contribution >= 0.6 is 24.0 Å². The zero-order valence-corrected chi connectivity index (χ0v) is 16.3. The van der Waals surface area contributed by atoms with E-state index in [4.69, 9.17) is 15.2 Å². The van der Waals surface area contributed by atoms with E-state index >= 15 is 0 Å². The summed E-state index contributed by atoms with van der Waals surface area (Å²) < 4.78 is 11.0. The smallest absolute Gasteiger partial charge is 0.188 e. The summed E-state index contributed by atoms with van der Waals surface area (Å²) in [5.41, 5.74) is 6.06. The van der Waals surface area contributed by atoms with Gasteiger partial charge in [0.05, 0.1) is 12.7 Å². The summed E-state index contributed by atoms with van der Waals surface area (Å²) in [7, 11) is 1.68. The molecular formula is C15H32IN3O2. The number of aliphatic imine (C=N–C) groups is 1. The van der Waals surface area contributed by atoms with Gasteiger partial charge in [0.1, 0.15) is 0 Å². The number of nitrogens with zero attached hydrogens (tertiary/aromatic N) is 1. The van der Waals surface area contributed by atoms with Crippen molar-refractivity contribution < 1.29 is 9.47 Å². The van der Waals surface area contributed by atoms with Gasteiger partial charge in [-0.2, -0.15) is 0 Å². The molecule has 3 unspecified atom stereocenters. The Labute approximate surface area is 146 Å². The average Bonchev–Trinajstić information content (AvgIpc) is 2.36. The van der Waals surface area contributed by atoms with Crippen LogP contribution in [0.2, 0.25) is 0 Å². The number of nitrogens with one attached hydrogen (secondary N) is 1. The molecule has 0 spiro atoms. The van der Waals surface area contributed by atoms with Crippen molar-refractivity contribution in [1.29, 1.82) is 0 Å². The third-order valence-electron chi connectivity index (χ3n) is 3.61. The van der Waals surface area contributed by atoms with E-state index in [1.165, 1.54) is 0 Å². The first kappa shape index (κ1) is 20.9. The van der Waals surface area contributed by atoms with Gasteiger partial charge in [-0.1, -0.05) is 20.8 Å². The van der Waals surface area contributed by atoms with Crippen molar-refractivity contribution in [1.82, 2.24) is 5.32 Å². The van der Waals surface area contributed by atoms with Crippen LogP contribution in [0.3, 0.4) is 0 Å². The fourth-order valence-electron chi connectivity index (χ4n) is 2.79. The van der Waals surface area contributed by atoms with Crippen LogP contribution in [0.1, 0.15) is 40.5 Å². The highest BCUT2D eigenvalue weighted by molar-refractivity contribution is 14.0. The molecule has 1 saturated heterocycles. The van der Waals surface area contributed by atoms with E-state index in [2.05, 4.69) is 31.1 Å². The Kier molecular flexibility index (Phi) is 9.80. The molecule has 5 nitrogen and oxygen atoms in total. The summed E-state index contributed by atoms with van der Waals surface area (Å²) in [6.07, 6.45) is 2.52. The maximum atomic E-state index is 5.96. The van der Waals surface area contributed by atoms with E-state index in [0.29, 0.717) is 18.5 Å². The van der Waals surface area contributed by atoms with Crippen LogP contribution in [0.4, 0.5) is 0 Å². The molecule has 1 aliphatic heterocycles. The summed E-state index contributed by atoms with van der Waals surface area (Å²) in [6.45, 7) is 10.9. The van der Waals surface area contributed by atoms with Crippen molar-refractivity contribution >= 4 is 29.9 Å². The minimum atomic E-state index is 0. The topological polar surface area (TPSA) is 68.9 Å². The highest BCUT2D eigenvalue weighted by Gasteiger charge is 2.35. The molecule has 21 heavy (non-hydrogen) atoms. The van der Waals surface area contributed by atoms with Crippen molar-refractivity contribution in [3.8, 4) is 0 Å². The van der Waals surface area contributed by atoms with Crippen LogP contribution in [-0.4, -0.2) is 45.0 Å². The SMILES string of the molecule is COCC(C)NC(N)=NCC1CCCOC1C(C)(C)C.I. The first-order chi connectivity index (χ1) is 9.34. The lowest BCUT2D eigenvalue weighted by atomic mass is 9.78. The molecule has 1 fully saturated rings. The molecule has 0 radical (unpaired) electrons. The van der Waals surface area contributed by atoms with E-state index in [1.54, 1.807) is 7.11 Å². The van der Waals surface area contributed by atoms with Gasteiger partial charge < -0.3 is 20.5 Å². The largest absolute Gasteiger partial charge is 0.383 e. The molecule has 1 heterocycles. The van der Waals surface area contributed by atoms with Crippen molar-refractivity contribution in [3.63, 3.8) is 0 Å². The molecular weight excluding hydrogens is 381 g/mol. The molecule has 0 amide bonds. The molecule has 0 aromatic heterocycles. The Bertz CT molecular complexity index is 319. The normalized spacial score (nSPS) is 25.1. The monoisotopic (exact) mass is 413 g/mol. The molecule has 1 aliphatic rings. The number of guanidine groups is 1. The Balaban J connectivity index is 0.00000400. The number of ether oxygens (including phenoxy) is 2. The zero-order valence-electron chi connectivity index (χ0n) is 14.0. The molecule has 0 aliphatic carbocycles. The van der Waals surface area contributed by atoms with Gasteiger partial charge in [-0.3, -0.25) is 4.99 Å². The first-order valence-electron chi connectivity index (χ1n) is 7.51. The molecule has 0 aromatic carbocycles. The van der Waals surface area contributed by atoms with E-state index in [-0.39, 0.29) is 41.5 Å². The highest BCUT2D eigenvalue weighted by Crippen LogP contribution is 2.34. The minimum Gasteiger partial charge on any atom is -0.383 e. The van der Waals surface area contributed by atoms with Gasteiger partial charge in [0, 0.05) is 32.2 Å². The van der Waals surface area contributed by atoms with Crippen LogP contribution < -0.4 is 11.1 Å². The van der Waals surface area contributed by atoms with E-state index in [0.717, 1.165) is 26.0 Å². The summed E-state index contributed by atoms with van der Waals surface area (Å²) in [5, 5.41) is 3.14. The maximum Gasteiger partial charge on any atom is 0.188 e. The molecule has 0 aromatic rings. The van der Waals surface area contributed by atoms with Gasteiger partial charge in [0.2, 0.25) is 0 Å². The van der Waals surface area contributed by atoms with Crippen molar-refractivity contribution in [2.24, 2.45) is 22.1 Å². The van der Waals surface area contributed by atoms with Crippen LogP contribution in [0, 0.1) is 11.3 Å². The van der Waals surface area contributed by atoms with E-state index < -0.39 is 0 Å². The maximum absolute atomic E-state index is 5.96. The Morgan fingerprint density at radius 1 is 1.48 bits per heavy atom. The van der Waals surface area contributed by atoms with Crippen molar-refractivity contribution in [3.05, 3.63) is 0 Å². The van der Waals surface area contributed by atoms with Crippen LogP contribution in [0.5, 0.6) is 0 Å². The summed E-state index contributed by atoms with van der Waals surface area (Å²) >= 11 is 0. The molecule has 1 rings (SSSR count). The van der Waals surface area contributed by atoms with Gasteiger partial charge in [-0.05, 0) is 25.2 Å². The molecule has 3 atom stereocenters. The Morgan fingerprint density at radius 2 is 2.14 bits per heavy atom. The molecule has 126 valence electrons. The lowest BCUT2D eigenvalue weighted by Gasteiger charge is -2.39. The number of rotatable bonds is 5. The first-order valence-corrected chi connectivity index (χ1v) is 7.51. The Morgan fingerprint density at radius 3 is 2.71 bits per heavy atom. The molecule has 3 N–H and O–H groups in total. The zero-order chi connectivity index (χ0) is 15.2.